The van der Waals surface area contributed by atoms with E-state index < -0.39 is 0 Å². The van der Waals surface area contributed by atoms with Gasteiger partial charge in [-0.2, -0.15) is 4.98 Å². The van der Waals surface area contributed by atoms with E-state index in [2.05, 4.69) is 35.8 Å². The molecule has 5 nitrogen and oxygen atoms in total. The second kappa shape index (κ2) is 4.14. The third-order valence-electron chi connectivity index (χ3n) is 2.81. The van der Waals surface area contributed by atoms with Gasteiger partial charge in [-0.15, -0.1) is 0 Å². The molecule has 1 saturated heterocycles. The molecular formula is C11H20N4O. The van der Waals surface area contributed by atoms with Crippen LogP contribution in [0, 0.1) is 0 Å². The number of hydrogen-bond donors (Lipinski definition) is 1. The number of hydrogen-bond acceptors (Lipinski definition) is 5. The molecule has 0 unspecified atom stereocenters. The summed E-state index contributed by atoms with van der Waals surface area (Å²) in [5, 5.41) is 4.00. The fraction of sp³-hybridized carbons (Fsp3) is 0.818. The van der Waals surface area contributed by atoms with Crippen molar-refractivity contribution < 1.29 is 4.52 Å². The second-order valence-electron chi connectivity index (χ2n) is 5.55. The van der Waals surface area contributed by atoms with Crippen molar-refractivity contribution in [2.45, 2.75) is 45.2 Å². The second-order valence-corrected chi connectivity index (χ2v) is 5.55. The smallest absolute Gasteiger partial charge is 0.240 e. The number of rotatable bonds is 2. The molecule has 0 spiro atoms. The molecule has 1 atom stereocenters. The summed E-state index contributed by atoms with van der Waals surface area (Å²) in [5.41, 5.74) is 5.79. The lowest BCUT2D eigenvalue weighted by molar-refractivity contribution is 0.264. The maximum Gasteiger partial charge on any atom is 0.240 e. The molecule has 0 aromatic carbocycles. The molecule has 1 fully saturated rings. The van der Waals surface area contributed by atoms with Gasteiger partial charge in [0.1, 0.15) is 0 Å². The summed E-state index contributed by atoms with van der Waals surface area (Å²) < 4.78 is 5.24. The molecule has 2 rings (SSSR count). The van der Waals surface area contributed by atoms with Crippen LogP contribution in [0.1, 0.15) is 38.9 Å². The minimum atomic E-state index is -0.0524. The highest BCUT2D eigenvalue weighted by atomic mass is 16.5. The summed E-state index contributed by atoms with van der Waals surface area (Å²) in [4.78, 5) is 6.66. The molecule has 2 heterocycles. The average Bonchev–Trinajstić information content (AvgIpc) is 2.74. The van der Waals surface area contributed by atoms with Gasteiger partial charge in [0, 0.05) is 24.5 Å². The Balaban J connectivity index is 1.98. The Morgan fingerprint density at radius 3 is 2.75 bits per heavy atom. The monoisotopic (exact) mass is 224 g/mol. The number of nitrogens with two attached hydrogens (primary N) is 1. The molecular weight excluding hydrogens is 204 g/mol. The molecule has 1 aliphatic heterocycles. The molecule has 1 aromatic rings. The van der Waals surface area contributed by atoms with Gasteiger partial charge in [-0.05, 0) is 6.42 Å². The number of aromatic nitrogens is 2. The Bertz CT molecular complexity index is 355. The van der Waals surface area contributed by atoms with Gasteiger partial charge in [0.2, 0.25) is 5.89 Å². The summed E-state index contributed by atoms with van der Waals surface area (Å²) >= 11 is 0. The molecule has 1 aromatic heterocycles. The van der Waals surface area contributed by atoms with Gasteiger partial charge in [-0.1, -0.05) is 25.9 Å². The first kappa shape index (κ1) is 11.5. The van der Waals surface area contributed by atoms with Crippen LogP contribution in [0.4, 0.5) is 0 Å². The van der Waals surface area contributed by atoms with E-state index in [0.717, 1.165) is 31.9 Å². The summed E-state index contributed by atoms with van der Waals surface area (Å²) in [6.07, 6.45) is 1.06. The van der Waals surface area contributed by atoms with E-state index in [1.165, 1.54) is 0 Å². The summed E-state index contributed by atoms with van der Waals surface area (Å²) in [5.74, 6) is 1.46. The van der Waals surface area contributed by atoms with Gasteiger partial charge < -0.3 is 10.3 Å². The molecule has 0 bridgehead atoms. The van der Waals surface area contributed by atoms with Crippen LogP contribution in [-0.2, 0) is 12.0 Å². The lowest BCUT2D eigenvalue weighted by atomic mass is 9.96. The van der Waals surface area contributed by atoms with Crippen molar-refractivity contribution in [3.05, 3.63) is 11.7 Å². The van der Waals surface area contributed by atoms with Crippen molar-refractivity contribution in [3.8, 4) is 0 Å². The molecule has 0 amide bonds. The predicted molar refractivity (Wildman–Crippen MR) is 60.9 cm³/mol. The Morgan fingerprint density at radius 2 is 2.25 bits per heavy atom. The molecule has 0 saturated carbocycles. The van der Waals surface area contributed by atoms with Crippen molar-refractivity contribution in [2.24, 2.45) is 5.73 Å². The molecule has 1 aliphatic rings. The topological polar surface area (TPSA) is 68.2 Å². The van der Waals surface area contributed by atoms with E-state index in [-0.39, 0.29) is 5.41 Å². The molecule has 16 heavy (non-hydrogen) atoms. The highest BCUT2D eigenvalue weighted by molar-refractivity contribution is 5.00. The maximum absolute atomic E-state index is 5.84. The lowest BCUT2D eigenvalue weighted by Gasteiger charge is -2.12. The minimum absolute atomic E-state index is 0.0524. The Morgan fingerprint density at radius 1 is 1.50 bits per heavy atom. The van der Waals surface area contributed by atoms with Crippen molar-refractivity contribution in [1.82, 2.24) is 15.0 Å². The van der Waals surface area contributed by atoms with Gasteiger partial charge in [0.05, 0.1) is 6.54 Å². The van der Waals surface area contributed by atoms with Crippen LogP contribution in [0.15, 0.2) is 4.52 Å². The van der Waals surface area contributed by atoms with Crippen molar-refractivity contribution in [1.29, 1.82) is 0 Å². The van der Waals surface area contributed by atoms with Gasteiger partial charge in [0.25, 0.3) is 0 Å². The molecule has 0 aliphatic carbocycles. The standard InChI is InChI=1S/C11H20N4O/c1-11(2,3)10-13-9(16-14-10)7-15-5-4-8(12)6-15/h8H,4-7,12H2,1-3H3/t8-/m1/s1. The zero-order valence-electron chi connectivity index (χ0n) is 10.2. The summed E-state index contributed by atoms with van der Waals surface area (Å²) in [6.45, 7) is 8.90. The highest BCUT2D eigenvalue weighted by Crippen LogP contribution is 2.19. The van der Waals surface area contributed by atoms with E-state index >= 15 is 0 Å². The van der Waals surface area contributed by atoms with E-state index in [1.807, 2.05) is 0 Å². The zero-order valence-corrected chi connectivity index (χ0v) is 10.2. The highest BCUT2D eigenvalue weighted by Gasteiger charge is 2.24. The summed E-state index contributed by atoms with van der Waals surface area (Å²) in [7, 11) is 0. The largest absolute Gasteiger partial charge is 0.338 e. The van der Waals surface area contributed by atoms with Crippen LogP contribution in [0.2, 0.25) is 0 Å². The first-order valence-electron chi connectivity index (χ1n) is 5.76. The van der Waals surface area contributed by atoms with Crippen molar-refractivity contribution in [3.63, 3.8) is 0 Å². The molecule has 0 radical (unpaired) electrons. The molecule has 5 heteroatoms. The van der Waals surface area contributed by atoms with Crippen molar-refractivity contribution >= 4 is 0 Å². The number of nitrogens with zero attached hydrogens (tertiary/aromatic N) is 3. The normalized spacial score (nSPS) is 22.9. The third-order valence-corrected chi connectivity index (χ3v) is 2.81. The zero-order chi connectivity index (χ0) is 11.8. The SMILES string of the molecule is CC(C)(C)c1noc(CN2CC[C@@H](N)C2)n1. The Hall–Kier alpha value is -0.940. The van der Waals surface area contributed by atoms with Gasteiger partial charge in [0.15, 0.2) is 5.82 Å². The first-order chi connectivity index (χ1) is 7.45. The van der Waals surface area contributed by atoms with E-state index in [0.29, 0.717) is 11.9 Å². The first-order valence-corrected chi connectivity index (χ1v) is 5.76. The predicted octanol–water partition coefficient (Wildman–Crippen LogP) is 0.900. The van der Waals surface area contributed by atoms with E-state index in [1.54, 1.807) is 0 Å². The molecule has 2 N–H and O–H groups in total. The maximum atomic E-state index is 5.84. The Labute approximate surface area is 96.0 Å². The fourth-order valence-corrected chi connectivity index (χ4v) is 1.82. The molecule has 90 valence electrons. The average molecular weight is 224 g/mol. The third kappa shape index (κ3) is 2.59. The van der Waals surface area contributed by atoms with Crippen LogP contribution >= 0.6 is 0 Å². The van der Waals surface area contributed by atoms with Gasteiger partial charge in [-0.25, -0.2) is 0 Å². The Kier molecular flexibility index (Phi) is 2.99. The van der Waals surface area contributed by atoms with Crippen LogP contribution in [-0.4, -0.2) is 34.2 Å². The van der Waals surface area contributed by atoms with E-state index in [4.69, 9.17) is 10.3 Å². The van der Waals surface area contributed by atoms with Crippen LogP contribution < -0.4 is 5.73 Å². The van der Waals surface area contributed by atoms with Crippen LogP contribution in [0.25, 0.3) is 0 Å². The van der Waals surface area contributed by atoms with Gasteiger partial charge >= 0.3 is 0 Å². The fourth-order valence-electron chi connectivity index (χ4n) is 1.82. The van der Waals surface area contributed by atoms with Crippen LogP contribution in [0.5, 0.6) is 0 Å². The summed E-state index contributed by atoms with van der Waals surface area (Å²) in [6, 6.07) is 0.296. The minimum Gasteiger partial charge on any atom is -0.338 e. The number of likely N-dealkylation sites (tertiary alicyclic amines) is 1. The quantitative estimate of drug-likeness (QED) is 0.808. The van der Waals surface area contributed by atoms with E-state index in [9.17, 15) is 0 Å². The van der Waals surface area contributed by atoms with Crippen molar-refractivity contribution in [2.75, 3.05) is 13.1 Å². The lowest BCUT2D eigenvalue weighted by Crippen LogP contribution is -2.26. The van der Waals surface area contributed by atoms with Crippen LogP contribution in [0.3, 0.4) is 0 Å². The van der Waals surface area contributed by atoms with Gasteiger partial charge in [-0.3, -0.25) is 4.90 Å².